The minimum Gasteiger partial charge on any atom is -0.395 e. The van der Waals surface area contributed by atoms with E-state index in [1.807, 2.05) is 25.1 Å². The molecule has 0 radical (unpaired) electrons. The first-order chi connectivity index (χ1) is 9.11. The van der Waals surface area contributed by atoms with Crippen molar-refractivity contribution in [3.8, 4) is 11.8 Å². The van der Waals surface area contributed by atoms with Crippen LogP contribution in [0, 0.1) is 30.6 Å². The third-order valence-electron chi connectivity index (χ3n) is 3.40. The Morgan fingerprint density at radius 2 is 2.26 bits per heavy atom. The van der Waals surface area contributed by atoms with Crippen LogP contribution in [0.25, 0.3) is 0 Å². The van der Waals surface area contributed by atoms with Crippen molar-refractivity contribution in [1.29, 1.82) is 0 Å². The van der Waals surface area contributed by atoms with Crippen LogP contribution in [-0.2, 0) is 4.79 Å². The van der Waals surface area contributed by atoms with Crippen LogP contribution >= 0.6 is 0 Å². The fourth-order valence-corrected chi connectivity index (χ4v) is 2.01. The summed E-state index contributed by atoms with van der Waals surface area (Å²) in [6.07, 6.45) is 1.48. The van der Waals surface area contributed by atoms with E-state index in [0.29, 0.717) is 12.3 Å². The SMILES string of the molecule is Cc1cc(C#CCCO)ccc1NC(=O)C1CC1C. The smallest absolute Gasteiger partial charge is 0.227 e. The summed E-state index contributed by atoms with van der Waals surface area (Å²) >= 11 is 0. The number of aryl methyl sites for hydroxylation is 1. The molecule has 1 aromatic rings. The number of amides is 1. The van der Waals surface area contributed by atoms with E-state index in [0.717, 1.165) is 23.2 Å². The molecule has 0 bridgehead atoms. The zero-order chi connectivity index (χ0) is 13.8. The molecule has 2 rings (SSSR count). The monoisotopic (exact) mass is 257 g/mol. The number of carbonyl (C=O) groups excluding carboxylic acids is 1. The van der Waals surface area contributed by atoms with Gasteiger partial charge in [0.2, 0.25) is 5.91 Å². The van der Waals surface area contributed by atoms with Crippen molar-refractivity contribution in [3.63, 3.8) is 0 Å². The van der Waals surface area contributed by atoms with Gasteiger partial charge in [-0.05, 0) is 43.0 Å². The second-order valence-corrected chi connectivity index (χ2v) is 5.11. The molecular weight excluding hydrogens is 238 g/mol. The van der Waals surface area contributed by atoms with Gasteiger partial charge in [-0.15, -0.1) is 0 Å². The Kier molecular flexibility index (Phi) is 4.24. The zero-order valence-electron chi connectivity index (χ0n) is 11.4. The van der Waals surface area contributed by atoms with Crippen LogP contribution in [0.15, 0.2) is 18.2 Å². The van der Waals surface area contributed by atoms with Crippen molar-refractivity contribution < 1.29 is 9.90 Å². The van der Waals surface area contributed by atoms with Crippen molar-refractivity contribution >= 4 is 11.6 Å². The minimum absolute atomic E-state index is 0.0830. The number of benzene rings is 1. The zero-order valence-corrected chi connectivity index (χ0v) is 11.4. The predicted molar refractivity (Wildman–Crippen MR) is 75.7 cm³/mol. The Balaban J connectivity index is 2.03. The number of carbonyl (C=O) groups is 1. The molecule has 0 aromatic heterocycles. The van der Waals surface area contributed by atoms with Gasteiger partial charge in [-0.25, -0.2) is 0 Å². The van der Waals surface area contributed by atoms with E-state index in [1.165, 1.54) is 0 Å². The number of aliphatic hydroxyl groups is 1. The van der Waals surface area contributed by atoms with Gasteiger partial charge in [0.25, 0.3) is 0 Å². The van der Waals surface area contributed by atoms with Crippen molar-refractivity contribution in [3.05, 3.63) is 29.3 Å². The van der Waals surface area contributed by atoms with Gasteiger partial charge in [-0.3, -0.25) is 4.79 Å². The van der Waals surface area contributed by atoms with Crippen LogP contribution in [0.4, 0.5) is 5.69 Å². The summed E-state index contributed by atoms with van der Waals surface area (Å²) in [5, 5.41) is 11.6. The summed E-state index contributed by atoms with van der Waals surface area (Å²) in [6.45, 7) is 4.14. The molecule has 3 heteroatoms. The molecule has 1 saturated carbocycles. The molecule has 100 valence electrons. The second-order valence-electron chi connectivity index (χ2n) is 5.11. The molecule has 1 aliphatic carbocycles. The Labute approximate surface area is 114 Å². The Bertz CT molecular complexity index is 539. The van der Waals surface area contributed by atoms with Gasteiger partial charge in [0.1, 0.15) is 0 Å². The Morgan fingerprint density at radius 1 is 1.53 bits per heavy atom. The molecule has 19 heavy (non-hydrogen) atoms. The summed E-state index contributed by atoms with van der Waals surface area (Å²) in [7, 11) is 0. The maximum Gasteiger partial charge on any atom is 0.227 e. The highest BCUT2D eigenvalue weighted by Gasteiger charge is 2.39. The van der Waals surface area contributed by atoms with Crippen molar-refractivity contribution in [2.24, 2.45) is 11.8 Å². The lowest BCUT2D eigenvalue weighted by Gasteiger charge is -2.08. The summed E-state index contributed by atoms with van der Waals surface area (Å²) < 4.78 is 0. The maximum atomic E-state index is 11.9. The first-order valence-corrected chi connectivity index (χ1v) is 6.63. The van der Waals surface area contributed by atoms with Crippen LogP contribution in [0.2, 0.25) is 0 Å². The Morgan fingerprint density at radius 3 is 2.84 bits per heavy atom. The van der Waals surface area contributed by atoms with Crippen LogP contribution in [0.5, 0.6) is 0 Å². The predicted octanol–water partition coefficient (Wildman–Crippen LogP) is 2.32. The van der Waals surface area contributed by atoms with Gasteiger partial charge < -0.3 is 10.4 Å². The standard InChI is InChI=1S/C16H19NO2/c1-11-10-14(11)16(19)17-15-7-6-13(9-12(15)2)5-3-4-8-18/h6-7,9,11,14,18H,4,8,10H2,1-2H3,(H,17,19). The highest BCUT2D eigenvalue weighted by atomic mass is 16.2. The van der Waals surface area contributed by atoms with E-state index in [2.05, 4.69) is 24.1 Å². The molecule has 0 heterocycles. The highest BCUT2D eigenvalue weighted by Crippen LogP contribution is 2.38. The van der Waals surface area contributed by atoms with Gasteiger partial charge >= 0.3 is 0 Å². The minimum atomic E-state index is 0.0830. The normalized spacial score (nSPS) is 20.4. The number of rotatable bonds is 3. The molecule has 1 aromatic carbocycles. The summed E-state index contributed by atoms with van der Waals surface area (Å²) in [6, 6.07) is 5.74. The van der Waals surface area contributed by atoms with E-state index in [-0.39, 0.29) is 18.4 Å². The van der Waals surface area contributed by atoms with Crippen LogP contribution in [0.1, 0.15) is 30.9 Å². The fourth-order valence-electron chi connectivity index (χ4n) is 2.01. The van der Waals surface area contributed by atoms with E-state index >= 15 is 0 Å². The van der Waals surface area contributed by atoms with Gasteiger partial charge in [0.05, 0.1) is 6.61 Å². The van der Waals surface area contributed by atoms with Crippen molar-refractivity contribution in [2.75, 3.05) is 11.9 Å². The quantitative estimate of drug-likeness (QED) is 0.816. The third-order valence-corrected chi connectivity index (χ3v) is 3.40. The van der Waals surface area contributed by atoms with E-state index in [9.17, 15) is 4.79 Å². The number of hydrogen-bond acceptors (Lipinski definition) is 2. The van der Waals surface area contributed by atoms with E-state index in [1.54, 1.807) is 0 Å². The molecule has 2 atom stereocenters. The molecule has 0 saturated heterocycles. The number of nitrogens with one attached hydrogen (secondary N) is 1. The summed E-state index contributed by atoms with van der Waals surface area (Å²) in [5.41, 5.74) is 2.78. The fraction of sp³-hybridized carbons (Fsp3) is 0.438. The second kappa shape index (κ2) is 5.90. The van der Waals surface area contributed by atoms with Gasteiger partial charge in [0.15, 0.2) is 0 Å². The molecule has 0 spiro atoms. The average molecular weight is 257 g/mol. The van der Waals surface area contributed by atoms with Crippen LogP contribution < -0.4 is 5.32 Å². The van der Waals surface area contributed by atoms with Gasteiger partial charge in [0, 0.05) is 23.6 Å². The molecular formula is C16H19NO2. The molecule has 0 aliphatic heterocycles. The molecule has 3 nitrogen and oxygen atoms in total. The largest absolute Gasteiger partial charge is 0.395 e. The topological polar surface area (TPSA) is 49.3 Å². The van der Waals surface area contributed by atoms with Gasteiger partial charge in [-0.2, -0.15) is 0 Å². The summed E-state index contributed by atoms with van der Waals surface area (Å²) in [5.74, 6) is 6.69. The Hall–Kier alpha value is -1.79. The van der Waals surface area contributed by atoms with Crippen molar-refractivity contribution in [1.82, 2.24) is 0 Å². The number of hydrogen-bond donors (Lipinski definition) is 2. The number of aliphatic hydroxyl groups excluding tert-OH is 1. The lowest BCUT2D eigenvalue weighted by atomic mass is 10.1. The molecule has 1 amide bonds. The van der Waals surface area contributed by atoms with E-state index < -0.39 is 0 Å². The average Bonchev–Trinajstić information content (AvgIpc) is 3.10. The van der Waals surface area contributed by atoms with Gasteiger partial charge in [-0.1, -0.05) is 18.8 Å². The van der Waals surface area contributed by atoms with E-state index in [4.69, 9.17) is 5.11 Å². The summed E-state index contributed by atoms with van der Waals surface area (Å²) in [4.78, 5) is 11.9. The molecule has 1 aliphatic rings. The maximum absolute atomic E-state index is 11.9. The molecule has 2 unspecified atom stereocenters. The number of anilines is 1. The molecule has 1 fully saturated rings. The lowest BCUT2D eigenvalue weighted by Crippen LogP contribution is -2.15. The highest BCUT2D eigenvalue weighted by molar-refractivity contribution is 5.95. The lowest BCUT2D eigenvalue weighted by molar-refractivity contribution is -0.117. The van der Waals surface area contributed by atoms with Crippen LogP contribution in [-0.4, -0.2) is 17.6 Å². The molecule has 2 N–H and O–H groups in total. The van der Waals surface area contributed by atoms with Crippen LogP contribution in [0.3, 0.4) is 0 Å². The first-order valence-electron chi connectivity index (χ1n) is 6.63. The van der Waals surface area contributed by atoms with Crippen molar-refractivity contribution in [2.45, 2.75) is 26.7 Å². The third kappa shape index (κ3) is 3.59. The first kappa shape index (κ1) is 13.6.